The fraction of sp³-hybridized carbons (Fsp3) is 0.0667. The molecule has 0 aromatic heterocycles. The van der Waals surface area contributed by atoms with E-state index in [1.807, 2.05) is 0 Å². The molecule has 2 aromatic carbocycles. The lowest BCUT2D eigenvalue weighted by atomic mass is 10.0. The third-order valence-electron chi connectivity index (χ3n) is 2.65. The molecule has 0 saturated carbocycles. The van der Waals surface area contributed by atoms with E-state index in [0.29, 0.717) is 16.7 Å². The van der Waals surface area contributed by atoms with Crippen LogP contribution in [0.1, 0.15) is 16.8 Å². The molecule has 0 radical (unpaired) electrons. The predicted octanol–water partition coefficient (Wildman–Crippen LogP) is 3.15. The van der Waals surface area contributed by atoms with E-state index in [9.17, 15) is 14.0 Å². The van der Waals surface area contributed by atoms with E-state index in [1.165, 1.54) is 12.1 Å². The van der Waals surface area contributed by atoms with Crippen LogP contribution in [0.25, 0.3) is 11.1 Å². The zero-order valence-electron chi connectivity index (χ0n) is 9.97. The van der Waals surface area contributed by atoms with E-state index >= 15 is 0 Å². The van der Waals surface area contributed by atoms with Crippen molar-refractivity contribution < 1.29 is 19.1 Å². The molecule has 2 aromatic rings. The van der Waals surface area contributed by atoms with Gasteiger partial charge in [-0.05, 0) is 29.3 Å². The Hall–Kier alpha value is -2.49. The van der Waals surface area contributed by atoms with E-state index in [1.54, 1.807) is 36.4 Å². The number of carbonyl (C=O) groups is 2. The third-order valence-corrected chi connectivity index (χ3v) is 2.65. The van der Waals surface area contributed by atoms with Crippen LogP contribution in [0.15, 0.2) is 48.5 Å². The lowest BCUT2D eigenvalue weighted by Crippen LogP contribution is -2.06. The second kappa shape index (κ2) is 5.44. The molecule has 0 aliphatic heterocycles. The predicted molar refractivity (Wildman–Crippen MR) is 68.4 cm³/mol. The third kappa shape index (κ3) is 3.25. The minimum atomic E-state index is -1.17. The molecule has 0 fully saturated rings. The van der Waals surface area contributed by atoms with E-state index < -0.39 is 18.2 Å². The van der Waals surface area contributed by atoms with Crippen LogP contribution in [-0.4, -0.2) is 16.9 Å². The summed E-state index contributed by atoms with van der Waals surface area (Å²) in [6.07, 6.45) is -0.549. The van der Waals surface area contributed by atoms with Crippen molar-refractivity contribution in [1.29, 1.82) is 0 Å². The summed E-state index contributed by atoms with van der Waals surface area (Å²) in [7, 11) is 0. The zero-order valence-corrected chi connectivity index (χ0v) is 9.97. The molecule has 3 nitrogen and oxygen atoms in total. The van der Waals surface area contributed by atoms with Gasteiger partial charge in [0.05, 0.1) is 0 Å². The summed E-state index contributed by atoms with van der Waals surface area (Å²) in [5, 5.41) is 8.60. The summed E-state index contributed by atoms with van der Waals surface area (Å²) < 4.78 is 13.1. The van der Waals surface area contributed by atoms with Crippen molar-refractivity contribution in [2.75, 3.05) is 0 Å². The number of carboxylic acids is 1. The lowest BCUT2D eigenvalue weighted by molar-refractivity contribution is -0.135. The average Bonchev–Trinajstić information content (AvgIpc) is 2.38. The highest BCUT2D eigenvalue weighted by atomic mass is 19.1. The van der Waals surface area contributed by atoms with Crippen LogP contribution in [0.3, 0.4) is 0 Å². The van der Waals surface area contributed by atoms with Gasteiger partial charge in [-0.1, -0.05) is 30.3 Å². The smallest absolute Gasteiger partial charge is 0.311 e. The van der Waals surface area contributed by atoms with Gasteiger partial charge in [0.2, 0.25) is 0 Å². The van der Waals surface area contributed by atoms with Crippen molar-refractivity contribution in [3.05, 3.63) is 59.9 Å². The summed E-state index contributed by atoms with van der Waals surface area (Å²) in [5.41, 5.74) is 1.63. The summed E-state index contributed by atoms with van der Waals surface area (Å²) >= 11 is 0. The standard InChI is InChI=1S/C15H11FO3/c16-13-6-2-4-11(8-13)10-3-1-5-12(7-10)14(17)9-15(18)19/h1-8H,9H2,(H,18,19). The van der Waals surface area contributed by atoms with Crippen molar-refractivity contribution in [2.45, 2.75) is 6.42 Å². The van der Waals surface area contributed by atoms with Crippen LogP contribution >= 0.6 is 0 Å². The van der Waals surface area contributed by atoms with Gasteiger partial charge in [-0.15, -0.1) is 0 Å². The molecule has 0 amide bonds. The Labute approximate surface area is 109 Å². The van der Waals surface area contributed by atoms with Crippen LogP contribution < -0.4 is 0 Å². The number of carboxylic acid groups (broad SMARTS) is 1. The summed E-state index contributed by atoms with van der Waals surface area (Å²) in [5.74, 6) is -1.99. The number of benzene rings is 2. The molecule has 0 heterocycles. The number of rotatable bonds is 4. The van der Waals surface area contributed by atoms with Gasteiger partial charge in [0, 0.05) is 5.56 Å². The molecule has 0 atom stereocenters. The van der Waals surface area contributed by atoms with Crippen LogP contribution in [0.2, 0.25) is 0 Å². The van der Waals surface area contributed by atoms with Gasteiger partial charge in [0.1, 0.15) is 12.2 Å². The molecule has 96 valence electrons. The van der Waals surface area contributed by atoms with Crippen LogP contribution in [-0.2, 0) is 4.79 Å². The first-order valence-electron chi connectivity index (χ1n) is 5.67. The fourth-order valence-electron chi connectivity index (χ4n) is 1.78. The van der Waals surface area contributed by atoms with Gasteiger partial charge >= 0.3 is 5.97 Å². The van der Waals surface area contributed by atoms with Gasteiger partial charge in [-0.3, -0.25) is 9.59 Å². The highest BCUT2D eigenvalue weighted by molar-refractivity contribution is 6.06. The monoisotopic (exact) mass is 258 g/mol. The molecule has 2 rings (SSSR count). The fourth-order valence-corrected chi connectivity index (χ4v) is 1.78. The topological polar surface area (TPSA) is 54.4 Å². The van der Waals surface area contributed by atoms with Crippen LogP contribution in [0.5, 0.6) is 0 Å². The Morgan fingerprint density at radius 2 is 1.63 bits per heavy atom. The van der Waals surface area contributed by atoms with E-state index in [4.69, 9.17) is 5.11 Å². The number of hydrogen-bond acceptors (Lipinski definition) is 2. The van der Waals surface area contributed by atoms with Gasteiger partial charge in [-0.25, -0.2) is 4.39 Å². The van der Waals surface area contributed by atoms with Crippen molar-refractivity contribution >= 4 is 11.8 Å². The molecular weight excluding hydrogens is 247 g/mol. The Bertz CT molecular complexity index is 635. The number of carbonyl (C=O) groups excluding carboxylic acids is 1. The molecule has 0 aliphatic carbocycles. The van der Waals surface area contributed by atoms with E-state index in [-0.39, 0.29) is 5.82 Å². The summed E-state index contributed by atoms with van der Waals surface area (Å²) in [4.78, 5) is 22.2. The Morgan fingerprint density at radius 1 is 1.00 bits per heavy atom. The number of halogens is 1. The molecule has 0 bridgehead atoms. The maximum Gasteiger partial charge on any atom is 0.311 e. The maximum absolute atomic E-state index is 13.1. The Morgan fingerprint density at radius 3 is 2.26 bits per heavy atom. The molecule has 0 saturated heterocycles. The first kappa shape index (κ1) is 13.0. The van der Waals surface area contributed by atoms with Crippen molar-refractivity contribution in [2.24, 2.45) is 0 Å². The minimum Gasteiger partial charge on any atom is -0.481 e. The summed E-state index contributed by atoms with van der Waals surface area (Å²) in [6.45, 7) is 0. The maximum atomic E-state index is 13.1. The number of ketones is 1. The highest BCUT2D eigenvalue weighted by Crippen LogP contribution is 2.21. The second-order valence-electron chi connectivity index (χ2n) is 4.08. The lowest BCUT2D eigenvalue weighted by Gasteiger charge is -2.04. The normalized spacial score (nSPS) is 10.2. The number of Topliss-reactive ketones (excluding diaryl/α,β-unsaturated/α-hetero) is 1. The molecule has 19 heavy (non-hydrogen) atoms. The zero-order chi connectivity index (χ0) is 13.8. The quantitative estimate of drug-likeness (QED) is 0.677. The largest absolute Gasteiger partial charge is 0.481 e. The molecule has 0 aliphatic rings. The van der Waals surface area contributed by atoms with E-state index in [2.05, 4.69) is 0 Å². The van der Waals surface area contributed by atoms with Gasteiger partial charge in [0.15, 0.2) is 5.78 Å². The van der Waals surface area contributed by atoms with E-state index in [0.717, 1.165) is 0 Å². The van der Waals surface area contributed by atoms with Gasteiger partial charge in [0.25, 0.3) is 0 Å². The van der Waals surface area contributed by atoms with Gasteiger partial charge in [-0.2, -0.15) is 0 Å². The SMILES string of the molecule is O=C(O)CC(=O)c1cccc(-c2cccc(F)c2)c1. The Balaban J connectivity index is 2.34. The molecule has 1 N–H and O–H groups in total. The minimum absolute atomic E-state index is 0.309. The first-order valence-corrected chi connectivity index (χ1v) is 5.67. The highest BCUT2D eigenvalue weighted by Gasteiger charge is 2.11. The average molecular weight is 258 g/mol. The van der Waals surface area contributed by atoms with Crippen molar-refractivity contribution in [3.63, 3.8) is 0 Å². The summed E-state index contributed by atoms with van der Waals surface area (Å²) in [6, 6.07) is 12.5. The van der Waals surface area contributed by atoms with Crippen molar-refractivity contribution in [3.8, 4) is 11.1 Å². The van der Waals surface area contributed by atoms with Crippen molar-refractivity contribution in [1.82, 2.24) is 0 Å². The van der Waals surface area contributed by atoms with Crippen LogP contribution in [0, 0.1) is 5.82 Å². The van der Waals surface area contributed by atoms with Crippen LogP contribution in [0.4, 0.5) is 4.39 Å². The first-order chi connectivity index (χ1) is 9.06. The second-order valence-corrected chi connectivity index (χ2v) is 4.08. The molecule has 0 spiro atoms. The van der Waals surface area contributed by atoms with Gasteiger partial charge < -0.3 is 5.11 Å². The Kier molecular flexibility index (Phi) is 3.71. The molecular formula is C15H11FO3. The number of hydrogen-bond donors (Lipinski definition) is 1. The molecule has 4 heteroatoms. The molecule has 0 unspecified atom stereocenters. The number of aliphatic carboxylic acids is 1.